The third kappa shape index (κ3) is 2.79. The first-order valence-electron chi connectivity index (χ1n) is 7.06. The van der Waals surface area contributed by atoms with Gasteiger partial charge in [0, 0.05) is 12.1 Å². The van der Waals surface area contributed by atoms with Crippen molar-refractivity contribution in [1.29, 1.82) is 0 Å². The van der Waals surface area contributed by atoms with E-state index in [2.05, 4.69) is 29.6 Å². The fourth-order valence-electron chi connectivity index (χ4n) is 2.55. The van der Waals surface area contributed by atoms with E-state index in [9.17, 15) is 4.79 Å². The predicted molar refractivity (Wildman–Crippen MR) is 86.3 cm³/mol. The summed E-state index contributed by atoms with van der Waals surface area (Å²) in [4.78, 5) is 12.3. The highest BCUT2D eigenvalue weighted by atomic mass is 16.1. The van der Waals surface area contributed by atoms with Crippen LogP contribution in [0, 0.1) is 6.92 Å². The molecule has 1 amide bonds. The quantitative estimate of drug-likeness (QED) is 0.766. The number of hydrogen-bond donors (Lipinski definition) is 1. The van der Waals surface area contributed by atoms with Gasteiger partial charge in [-0.2, -0.15) is 0 Å². The van der Waals surface area contributed by atoms with Gasteiger partial charge in [-0.1, -0.05) is 60.7 Å². The summed E-state index contributed by atoms with van der Waals surface area (Å²) in [7, 11) is 0. The van der Waals surface area contributed by atoms with Crippen LogP contribution in [0.15, 0.2) is 66.7 Å². The number of nitrogens with one attached hydrogen (secondary N) is 1. The average Bonchev–Trinajstić information content (AvgIpc) is 2.53. The molecule has 2 nitrogen and oxygen atoms in total. The zero-order chi connectivity index (χ0) is 14.7. The summed E-state index contributed by atoms with van der Waals surface area (Å²) in [6.45, 7) is 2.49. The first-order valence-corrected chi connectivity index (χ1v) is 7.06. The van der Waals surface area contributed by atoms with Crippen molar-refractivity contribution in [1.82, 2.24) is 5.32 Å². The molecular weight excluding hydrogens is 258 g/mol. The first kappa shape index (κ1) is 13.4. The summed E-state index contributed by atoms with van der Waals surface area (Å²) in [5.41, 5.74) is 2.86. The van der Waals surface area contributed by atoms with E-state index < -0.39 is 0 Å². The van der Waals surface area contributed by atoms with Crippen LogP contribution in [0.5, 0.6) is 0 Å². The fraction of sp³-hybridized carbons (Fsp3) is 0.105. The molecule has 0 aliphatic rings. The molecule has 0 aliphatic carbocycles. The molecule has 3 rings (SSSR count). The zero-order valence-electron chi connectivity index (χ0n) is 12.0. The molecule has 3 aromatic carbocycles. The summed E-state index contributed by atoms with van der Waals surface area (Å²) in [5, 5.41) is 5.39. The third-order valence-corrected chi connectivity index (χ3v) is 3.71. The molecule has 0 fully saturated rings. The van der Waals surface area contributed by atoms with Gasteiger partial charge >= 0.3 is 0 Å². The SMILES string of the molecule is Cc1ccccc1C(=O)NCc1cccc2ccccc12. The van der Waals surface area contributed by atoms with Gasteiger partial charge in [-0.25, -0.2) is 0 Å². The molecule has 1 N–H and O–H groups in total. The number of rotatable bonds is 3. The minimum atomic E-state index is -0.0268. The van der Waals surface area contributed by atoms with E-state index >= 15 is 0 Å². The molecule has 0 heterocycles. The normalized spacial score (nSPS) is 10.5. The van der Waals surface area contributed by atoms with Gasteiger partial charge in [0.15, 0.2) is 0 Å². The third-order valence-electron chi connectivity index (χ3n) is 3.71. The van der Waals surface area contributed by atoms with Crippen molar-refractivity contribution in [3.63, 3.8) is 0 Å². The van der Waals surface area contributed by atoms with Gasteiger partial charge in [0.25, 0.3) is 5.91 Å². The van der Waals surface area contributed by atoms with Gasteiger partial charge in [-0.3, -0.25) is 4.79 Å². The maximum atomic E-state index is 12.3. The summed E-state index contributed by atoms with van der Waals surface area (Å²) < 4.78 is 0. The molecule has 0 aromatic heterocycles. The lowest BCUT2D eigenvalue weighted by Crippen LogP contribution is -2.23. The van der Waals surface area contributed by atoms with Crippen LogP contribution >= 0.6 is 0 Å². The van der Waals surface area contributed by atoms with Crippen molar-refractivity contribution in [3.8, 4) is 0 Å². The van der Waals surface area contributed by atoms with Crippen LogP contribution in [0.4, 0.5) is 0 Å². The highest BCUT2D eigenvalue weighted by Crippen LogP contribution is 2.18. The number of benzene rings is 3. The molecule has 2 heteroatoms. The lowest BCUT2D eigenvalue weighted by atomic mass is 10.0. The molecule has 0 radical (unpaired) electrons. The van der Waals surface area contributed by atoms with E-state index in [1.807, 2.05) is 49.4 Å². The van der Waals surface area contributed by atoms with Crippen LogP contribution in [0.3, 0.4) is 0 Å². The number of carbonyl (C=O) groups excluding carboxylic acids is 1. The molecule has 0 saturated carbocycles. The van der Waals surface area contributed by atoms with Crippen molar-refractivity contribution in [3.05, 3.63) is 83.4 Å². The average molecular weight is 275 g/mol. The predicted octanol–water partition coefficient (Wildman–Crippen LogP) is 4.08. The highest BCUT2D eigenvalue weighted by molar-refractivity contribution is 5.96. The Morgan fingerprint density at radius 1 is 0.905 bits per heavy atom. The number of carbonyl (C=O) groups is 1. The summed E-state index contributed by atoms with van der Waals surface area (Å²) >= 11 is 0. The Morgan fingerprint density at radius 3 is 2.48 bits per heavy atom. The van der Waals surface area contributed by atoms with E-state index in [1.54, 1.807) is 0 Å². The fourth-order valence-corrected chi connectivity index (χ4v) is 2.55. The van der Waals surface area contributed by atoms with Crippen molar-refractivity contribution in [2.45, 2.75) is 13.5 Å². The van der Waals surface area contributed by atoms with Crippen molar-refractivity contribution in [2.24, 2.45) is 0 Å². The molecule has 0 spiro atoms. The molecule has 0 atom stereocenters. The molecular formula is C19H17NO. The smallest absolute Gasteiger partial charge is 0.251 e. The molecule has 3 aromatic rings. The maximum absolute atomic E-state index is 12.3. The second-order valence-electron chi connectivity index (χ2n) is 5.14. The molecule has 21 heavy (non-hydrogen) atoms. The first-order chi connectivity index (χ1) is 10.3. The van der Waals surface area contributed by atoms with Gasteiger partial charge in [-0.15, -0.1) is 0 Å². The van der Waals surface area contributed by atoms with E-state index in [-0.39, 0.29) is 5.91 Å². The standard InChI is InChI=1S/C19H17NO/c1-14-7-2-4-11-17(14)19(21)20-13-16-10-6-9-15-8-3-5-12-18(15)16/h2-12H,13H2,1H3,(H,20,21). The van der Waals surface area contributed by atoms with E-state index in [1.165, 1.54) is 10.8 Å². The van der Waals surface area contributed by atoms with Gasteiger partial charge < -0.3 is 5.32 Å². The van der Waals surface area contributed by atoms with Crippen LogP contribution in [-0.2, 0) is 6.54 Å². The molecule has 0 aliphatic heterocycles. The van der Waals surface area contributed by atoms with Gasteiger partial charge in [0.1, 0.15) is 0 Å². The van der Waals surface area contributed by atoms with Gasteiger partial charge in [-0.05, 0) is 34.9 Å². The highest BCUT2D eigenvalue weighted by Gasteiger charge is 2.08. The Hall–Kier alpha value is -2.61. The maximum Gasteiger partial charge on any atom is 0.251 e. The Labute approximate surface area is 124 Å². The molecule has 0 bridgehead atoms. The van der Waals surface area contributed by atoms with Gasteiger partial charge in [0.05, 0.1) is 0 Å². The summed E-state index contributed by atoms with van der Waals surface area (Å²) in [5.74, 6) is -0.0268. The van der Waals surface area contributed by atoms with Crippen LogP contribution < -0.4 is 5.32 Å². The Balaban J connectivity index is 1.81. The number of fused-ring (bicyclic) bond motifs is 1. The van der Waals surface area contributed by atoms with Crippen molar-refractivity contribution >= 4 is 16.7 Å². The Morgan fingerprint density at radius 2 is 1.62 bits per heavy atom. The minimum absolute atomic E-state index is 0.0268. The van der Waals surface area contributed by atoms with Crippen LogP contribution in [0.1, 0.15) is 21.5 Å². The topological polar surface area (TPSA) is 29.1 Å². The molecule has 0 unspecified atom stereocenters. The van der Waals surface area contributed by atoms with Crippen LogP contribution in [0.25, 0.3) is 10.8 Å². The zero-order valence-corrected chi connectivity index (χ0v) is 12.0. The minimum Gasteiger partial charge on any atom is -0.348 e. The lowest BCUT2D eigenvalue weighted by Gasteiger charge is -2.10. The lowest BCUT2D eigenvalue weighted by molar-refractivity contribution is 0.0950. The van der Waals surface area contributed by atoms with Crippen molar-refractivity contribution in [2.75, 3.05) is 0 Å². The van der Waals surface area contributed by atoms with E-state index in [4.69, 9.17) is 0 Å². The van der Waals surface area contributed by atoms with Crippen molar-refractivity contribution < 1.29 is 4.79 Å². The van der Waals surface area contributed by atoms with E-state index in [0.717, 1.165) is 16.7 Å². The Kier molecular flexibility index (Phi) is 3.69. The van der Waals surface area contributed by atoms with E-state index in [0.29, 0.717) is 6.54 Å². The van der Waals surface area contributed by atoms with Gasteiger partial charge in [0.2, 0.25) is 0 Å². The van der Waals surface area contributed by atoms with Crippen LogP contribution in [-0.4, -0.2) is 5.91 Å². The number of amides is 1. The monoisotopic (exact) mass is 275 g/mol. The van der Waals surface area contributed by atoms with Crippen LogP contribution in [0.2, 0.25) is 0 Å². The molecule has 0 saturated heterocycles. The number of hydrogen-bond acceptors (Lipinski definition) is 1. The largest absolute Gasteiger partial charge is 0.348 e. The number of aryl methyl sites for hydroxylation is 1. The second kappa shape index (κ2) is 5.80. The summed E-state index contributed by atoms with van der Waals surface area (Å²) in [6, 6.07) is 22.0. The molecule has 104 valence electrons. The Bertz CT molecular complexity index is 787. The summed E-state index contributed by atoms with van der Waals surface area (Å²) in [6.07, 6.45) is 0. The second-order valence-corrected chi connectivity index (χ2v) is 5.14.